The number of rotatable bonds is 2. The molecule has 0 aromatic heterocycles. The molecule has 0 bridgehead atoms. The van der Waals surface area contributed by atoms with Gasteiger partial charge in [-0.2, -0.15) is 0 Å². The van der Waals surface area contributed by atoms with Crippen LogP contribution in [0.4, 0.5) is 0 Å². The number of aldehydes is 1. The van der Waals surface area contributed by atoms with Crippen molar-refractivity contribution in [2.75, 3.05) is 0 Å². The van der Waals surface area contributed by atoms with E-state index in [1.54, 1.807) is 0 Å². The summed E-state index contributed by atoms with van der Waals surface area (Å²) in [6.07, 6.45) is 0.787. The summed E-state index contributed by atoms with van der Waals surface area (Å²) in [7, 11) is 0. The molecule has 2 nitrogen and oxygen atoms in total. The van der Waals surface area contributed by atoms with Crippen molar-refractivity contribution in [3.63, 3.8) is 0 Å². The van der Waals surface area contributed by atoms with Gasteiger partial charge in [0.2, 0.25) is 0 Å². The van der Waals surface area contributed by atoms with Crippen LogP contribution in [0.3, 0.4) is 0 Å². The number of hydrogen-bond donors (Lipinski definition) is 0. The van der Waals surface area contributed by atoms with Gasteiger partial charge < -0.3 is 9.53 Å². The van der Waals surface area contributed by atoms with E-state index in [1.807, 2.05) is 54.6 Å². The Bertz CT molecular complexity index is 534. The minimum Gasteiger partial charge on any atom is -0.484 e. The molecule has 0 aliphatic carbocycles. The van der Waals surface area contributed by atoms with Crippen LogP contribution in [0.25, 0.3) is 0 Å². The lowest BCUT2D eigenvalue weighted by atomic mass is 9.92. The first kappa shape index (κ1) is 10.1. The normalized spacial score (nSPS) is 21.6. The van der Waals surface area contributed by atoms with Crippen LogP contribution < -0.4 is 4.74 Å². The molecule has 0 N–H and O–H groups in total. The third-order valence-corrected chi connectivity index (χ3v) is 3.13. The largest absolute Gasteiger partial charge is 0.484 e. The Hall–Kier alpha value is -2.09. The van der Waals surface area contributed by atoms with Gasteiger partial charge in [-0.25, -0.2) is 0 Å². The van der Waals surface area contributed by atoms with Gasteiger partial charge in [-0.3, -0.25) is 0 Å². The average molecular weight is 224 g/mol. The van der Waals surface area contributed by atoms with Crippen LogP contribution >= 0.6 is 0 Å². The van der Waals surface area contributed by atoms with Gasteiger partial charge in [-0.05, 0) is 11.6 Å². The van der Waals surface area contributed by atoms with Crippen molar-refractivity contribution in [3.8, 4) is 5.75 Å². The van der Waals surface area contributed by atoms with E-state index in [0.29, 0.717) is 0 Å². The molecule has 2 atom stereocenters. The summed E-state index contributed by atoms with van der Waals surface area (Å²) >= 11 is 0. The van der Waals surface area contributed by atoms with E-state index < -0.39 is 0 Å². The van der Waals surface area contributed by atoms with E-state index in [0.717, 1.165) is 23.2 Å². The second-order valence-corrected chi connectivity index (χ2v) is 4.15. The highest BCUT2D eigenvalue weighted by Gasteiger charge is 2.34. The molecular weight excluding hydrogens is 212 g/mol. The van der Waals surface area contributed by atoms with E-state index in [-0.39, 0.29) is 12.0 Å². The number of carbonyl (C=O) groups is 1. The van der Waals surface area contributed by atoms with Crippen LogP contribution in [0.2, 0.25) is 0 Å². The zero-order valence-electron chi connectivity index (χ0n) is 9.24. The lowest BCUT2D eigenvalue weighted by molar-refractivity contribution is -0.110. The van der Waals surface area contributed by atoms with Gasteiger partial charge >= 0.3 is 0 Å². The van der Waals surface area contributed by atoms with Crippen molar-refractivity contribution in [2.24, 2.45) is 0 Å². The molecule has 1 heterocycles. The predicted molar refractivity (Wildman–Crippen MR) is 65.1 cm³/mol. The predicted octanol–water partition coefficient (Wildman–Crippen LogP) is 3.10. The summed E-state index contributed by atoms with van der Waals surface area (Å²) in [5.74, 6) is 0.618. The van der Waals surface area contributed by atoms with E-state index in [9.17, 15) is 4.79 Å². The standard InChI is InChI=1S/C15H12O2/c16-10-13-12-8-4-5-9-14(12)17-15(13)11-6-2-1-3-7-11/h1-10,13,15H/t13-,15-/m0/s1. The Morgan fingerprint density at radius 2 is 1.65 bits per heavy atom. The van der Waals surface area contributed by atoms with E-state index in [1.165, 1.54) is 0 Å². The third kappa shape index (κ3) is 1.62. The molecule has 2 aromatic carbocycles. The number of fused-ring (bicyclic) bond motifs is 1. The van der Waals surface area contributed by atoms with E-state index in [4.69, 9.17) is 4.74 Å². The monoisotopic (exact) mass is 224 g/mol. The Kier molecular flexibility index (Phi) is 2.41. The fourth-order valence-electron chi connectivity index (χ4n) is 2.30. The highest BCUT2D eigenvalue weighted by atomic mass is 16.5. The fourth-order valence-corrected chi connectivity index (χ4v) is 2.30. The quantitative estimate of drug-likeness (QED) is 0.733. The van der Waals surface area contributed by atoms with Gasteiger partial charge in [0.1, 0.15) is 18.1 Å². The molecule has 0 spiro atoms. The van der Waals surface area contributed by atoms with Crippen molar-refractivity contribution in [3.05, 3.63) is 65.7 Å². The van der Waals surface area contributed by atoms with Crippen LogP contribution in [0, 0.1) is 0 Å². The minimum atomic E-state index is -0.200. The maximum absolute atomic E-state index is 11.3. The molecule has 3 rings (SSSR count). The van der Waals surface area contributed by atoms with Crippen LogP contribution in [-0.2, 0) is 4.79 Å². The lowest BCUT2D eigenvalue weighted by Gasteiger charge is -2.14. The molecule has 1 aliphatic heterocycles. The topological polar surface area (TPSA) is 26.3 Å². The molecule has 17 heavy (non-hydrogen) atoms. The molecule has 84 valence electrons. The van der Waals surface area contributed by atoms with E-state index >= 15 is 0 Å². The summed E-state index contributed by atoms with van der Waals surface area (Å²) in [6.45, 7) is 0. The first-order valence-electron chi connectivity index (χ1n) is 5.66. The molecule has 0 saturated heterocycles. The van der Waals surface area contributed by atoms with Gasteiger partial charge in [0, 0.05) is 5.56 Å². The van der Waals surface area contributed by atoms with Crippen molar-refractivity contribution in [1.82, 2.24) is 0 Å². The molecule has 2 heteroatoms. The third-order valence-electron chi connectivity index (χ3n) is 3.13. The Morgan fingerprint density at radius 3 is 2.41 bits per heavy atom. The van der Waals surface area contributed by atoms with Crippen LogP contribution in [-0.4, -0.2) is 6.29 Å². The van der Waals surface area contributed by atoms with Crippen molar-refractivity contribution < 1.29 is 9.53 Å². The second-order valence-electron chi connectivity index (χ2n) is 4.15. The van der Waals surface area contributed by atoms with Gasteiger partial charge in [0.05, 0.1) is 5.92 Å². The summed E-state index contributed by atoms with van der Waals surface area (Å²) in [5, 5.41) is 0. The molecule has 0 amide bonds. The molecule has 0 radical (unpaired) electrons. The van der Waals surface area contributed by atoms with Crippen molar-refractivity contribution >= 4 is 6.29 Å². The number of ether oxygens (including phenoxy) is 1. The second kappa shape index (κ2) is 4.06. The van der Waals surface area contributed by atoms with Crippen LogP contribution in [0.5, 0.6) is 5.75 Å². The van der Waals surface area contributed by atoms with Crippen molar-refractivity contribution in [1.29, 1.82) is 0 Å². The first-order chi connectivity index (χ1) is 8.40. The highest BCUT2D eigenvalue weighted by Crippen LogP contribution is 2.44. The SMILES string of the molecule is O=C[C@H]1c2ccccc2O[C@H]1c1ccccc1. The molecule has 0 unspecified atom stereocenters. The van der Waals surface area contributed by atoms with Crippen molar-refractivity contribution in [2.45, 2.75) is 12.0 Å². The number of benzene rings is 2. The summed E-state index contributed by atoms with van der Waals surface area (Å²) < 4.78 is 5.87. The minimum absolute atomic E-state index is 0.189. The molecular formula is C15H12O2. The van der Waals surface area contributed by atoms with Gasteiger partial charge in [-0.15, -0.1) is 0 Å². The maximum Gasteiger partial charge on any atom is 0.137 e. The number of carbonyl (C=O) groups excluding carboxylic acids is 1. The highest BCUT2D eigenvalue weighted by molar-refractivity contribution is 5.68. The summed E-state index contributed by atoms with van der Waals surface area (Å²) in [6, 6.07) is 17.6. The average Bonchev–Trinajstić information content (AvgIpc) is 2.78. The number of hydrogen-bond acceptors (Lipinski definition) is 2. The molecule has 2 aromatic rings. The zero-order chi connectivity index (χ0) is 11.7. The van der Waals surface area contributed by atoms with Gasteiger partial charge in [-0.1, -0.05) is 48.5 Å². The Morgan fingerprint density at radius 1 is 0.941 bits per heavy atom. The summed E-state index contributed by atoms with van der Waals surface area (Å²) in [5.41, 5.74) is 2.03. The zero-order valence-corrected chi connectivity index (χ0v) is 9.24. The van der Waals surface area contributed by atoms with Crippen LogP contribution in [0.1, 0.15) is 23.1 Å². The Labute approximate surface area is 99.9 Å². The lowest BCUT2D eigenvalue weighted by Crippen LogP contribution is -2.10. The number of para-hydroxylation sites is 1. The molecule has 0 fully saturated rings. The maximum atomic E-state index is 11.3. The molecule has 1 aliphatic rings. The Balaban J connectivity index is 2.03. The first-order valence-corrected chi connectivity index (χ1v) is 5.66. The smallest absolute Gasteiger partial charge is 0.137 e. The van der Waals surface area contributed by atoms with Gasteiger partial charge in [0.15, 0.2) is 0 Å². The summed E-state index contributed by atoms with van der Waals surface area (Å²) in [4.78, 5) is 11.3. The van der Waals surface area contributed by atoms with Gasteiger partial charge in [0.25, 0.3) is 0 Å². The van der Waals surface area contributed by atoms with E-state index in [2.05, 4.69) is 0 Å². The molecule has 0 saturated carbocycles. The fraction of sp³-hybridized carbons (Fsp3) is 0.133. The van der Waals surface area contributed by atoms with Crippen LogP contribution in [0.15, 0.2) is 54.6 Å².